The van der Waals surface area contributed by atoms with Gasteiger partial charge in [-0.1, -0.05) is 20.8 Å². The topological polar surface area (TPSA) is 17.1 Å². The van der Waals surface area contributed by atoms with Crippen LogP contribution in [0.1, 0.15) is 40.9 Å². The van der Waals surface area contributed by atoms with E-state index in [2.05, 4.69) is 0 Å². The third-order valence-corrected chi connectivity index (χ3v) is 4.25. The van der Waals surface area contributed by atoms with E-state index in [9.17, 15) is 13.6 Å². The number of ketones is 1. The molecular weight excluding hydrogens is 266 g/mol. The Balaban J connectivity index is 2.37. The highest BCUT2D eigenvalue weighted by Crippen LogP contribution is 2.30. The van der Waals surface area contributed by atoms with Crippen molar-refractivity contribution in [3.05, 3.63) is 57.3 Å². The van der Waals surface area contributed by atoms with Crippen LogP contribution in [0.5, 0.6) is 0 Å². The highest BCUT2D eigenvalue weighted by Gasteiger charge is 2.21. The number of benzene rings is 1. The normalized spacial score (nSPS) is 11.6. The van der Waals surface area contributed by atoms with Crippen molar-refractivity contribution in [3.8, 4) is 0 Å². The fraction of sp³-hybridized carbons (Fsp3) is 0.267. The molecule has 0 spiro atoms. The van der Waals surface area contributed by atoms with Crippen LogP contribution in [0.3, 0.4) is 0 Å². The van der Waals surface area contributed by atoms with Crippen LogP contribution in [0.2, 0.25) is 0 Å². The molecule has 2 aromatic rings. The van der Waals surface area contributed by atoms with E-state index in [4.69, 9.17) is 0 Å². The zero-order valence-electron chi connectivity index (χ0n) is 11.0. The van der Waals surface area contributed by atoms with Crippen molar-refractivity contribution < 1.29 is 13.6 Å². The van der Waals surface area contributed by atoms with Gasteiger partial charge in [0.1, 0.15) is 11.6 Å². The predicted octanol–water partition coefficient (Wildman–Crippen LogP) is 4.55. The molecular formula is C15H14F2OS. The third kappa shape index (κ3) is 2.89. The van der Waals surface area contributed by atoms with Gasteiger partial charge in [-0.3, -0.25) is 4.79 Å². The molecule has 1 aromatic carbocycles. The number of halogens is 2. The highest BCUT2D eigenvalue weighted by molar-refractivity contribution is 7.14. The first kappa shape index (κ1) is 13.9. The molecule has 0 saturated carbocycles. The van der Waals surface area contributed by atoms with Gasteiger partial charge in [0.05, 0.1) is 10.4 Å². The van der Waals surface area contributed by atoms with Crippen molar-refractivity contribution >= 4 is 17.1 Å². The molecule has 0 aliphatic rings. The summed E-state index contributed by atoms with van der Waals surface area (Å²) in [6.07, 6.45) is 0. The molecule has 0 aliphatic carbocycles. The fourth-order valence-electron chi connectivity index (χ4n) is 1.67. The molecule has 0 radical (unpaired) electrons. The van der Waals surface area contributed by atoms with Crippen LogP contribution >= 0.6 is 11.3 Å². The standard InChI is InChI=1S/C15H14F2OS/c1-15(2,3)13-7-6-12(19-13)14(18)10-5-4-9(16)8-11(10)17/h4-8H,1-3H3. The van der Waals surface area contributed by atoms with Gasteiger partial charge < -0.3 is 0 Å². The first-order valence-corrected chi connectivity index (χ1v) is 6.71. The van der Waals surface area contributed by atoms with E-state index in [1.807, 2.05) is 26.8 Å². The molecule has 2 rings (SSSR count). The fourth-order valence-corrected chi connectivity index (χ4v) is 2.69. The third-order valence-electron chi connectivity index (χ3n) is 2.74. The average Bonchev–Trinajstić information content (AvgIpc) is 2.76. The van der Waals surface area contributed by atoms with Gasteiger partial charge in [0.25, 0.3) is 0 Å². The number of rotatable bonds is 2. The van der Waals surface area contributed by atoms with Gasteiger partial charge in [0.15, 0.2) is 0 Å². The summed E-state index contributed by atoms with van der Waals surface area (Å²) in [6, 6.07) is 6.57. The monoisotopic (exact) mass is 280 g/mol. The average molecular weight is 280 g/mol. The Labute approximate surface area is 114 Å². The van der Waals surface area contributed by atoms with Gasteiger partial charge in [-0.05, 0) is 29.7 Å². The van der Waals surface area contributed by atoms with Crippen LogP contribution in [-0.2, 0) is 5.41 Å². The number of carbonyl (C=O) groups excluding carboxylic acids is 1. The van der Waals surface area contributed by atoms with Crippen LogP contribution in [-0.4, -0.2) is 5.78 Å². The molecule has 0 N–H and O–H groups in total. The predicted molar refractivity (Wildman–Crippen MR) is 72.8 cm³/mol. The summed E-state index contributed by atoms with van der Waals surface area (Å²) in [6.45, 7) is 6.14. The lowest BCUT2D eigenvalue weighted by Gasteiger charge is -2.15. The number of thiophene rings is 1. The quantitative estimate of drug-likeness (QED) is 0.737. The Kier molecular flexibility index (Phi) is 3.54. The van der Waals surface area contributed by atoms with Gasteiger partial charge in [0, 0.05) is 10.9 Å². The van der Waals surface area contributed by atoms with Crippen molar-refractivity contribution in [3.63, 3.8) is 0 Å². The van der Waals surface area contributed by atoms with E-state index in [1.54, 1.807) is 6.07 Å². The summed E-state index contributed by atoms with van der Waals surface area (Å²) in [5, 5.41) is 0. The Bertz CT molecular complexity index is 623. The SMILES string of the molecule is CC(C)(C)c1ccc(C(=O)c2ccc(F)cc2F)s1. The summed E-state index contributed by atoms with van der Waals surface area (Å²) in [5.74, 6) is -1.91. The number of carbonyl (C=O) groups is 1. The van der Waals surface area contributed by atoms with Gasteiger partial charge in [-0.15, -0.1) is 11.3 Å². The molecule has 1 heterocycles. The summed E-state index contributed by atoms with van der Waals surface area (Å²) in [7, 11) is 0. The Hall–Kier alpha value is -1.55. The molecule has 0 aliphatic heterocycles. The van der Waals surface area contributed by atoms with Crippen LogP contribution in [0, 0.1) is 11.6 Å². The highest BCUT2D eigenvalue weighted by atomic mass is 32.1. The summed E-state index contributed by atoms with van der Waals surface area (Å²) < 4.78 is 26.4. The maximum Gasteiger partial charge on any atom is 0.205 e. The summed E-state index contributed by atoms with van der Waals surface area (Å²) in [5.41, 5.74) is -0.145. The van der Waals surface area contributed by atoms with Crippen LogP contribution in [0.15, 0.2) is 30.3 Å². The zero-order chi connectivity index (χ0) is 14.2. The molecule has 1 aromatic heterocycles. The van der Waals surface area contributed by atoms with E-state index in [0.29, 0.717) is 4.88 Å². The van der Waals surface area contributed by atoms with E-state index in [0.717, 1.165) is 17.0 Å². The first-order chi connectivity index (χ1) is 8.79. The maximum atomic E-state index is 13.6. The van der Waals surface area contributed by atoms with Crippen molar-refractivity contribution in [1.82, 2.24) is 0 Å². The second-order valence-electron chi connectivity index (χ2n) is 5.37. The van der Waals surface area contributed by atoms with Crippen molar-refractivity contribution in [2.45, 2.75) is 26.2 Å². The molecule has 19 heavy (non-hydrogen) atoms. The van der Waals surface area contributed by atoms with Gasteiger partial charge in [-0.2, -0.15) is 0 Å². The Morgan fingerprint density at radius 2 is 1.79 bits per heavy atom. The number of hydrogen-bond donors (Lipinski definition) is 0. The smallest absolute Gasteiger partial charge is 0.205 e. The first-order valence-electron chi connectivity index (χ1n) is 5.89. The van der Waals surface area contributed by atoms with Gasteiger partial charge in [0.2, 0.25) is 5.78 Å². The molecule has 100 valence electrons. The summed E-state index contributed by atoms with van der Waals surface area (Å²) >= 11 is 1.35. The summed E-state index contributed by atoms with van der Waals surface area (Å²) in [4.78, 5) is 13.7. The van der Waals surface area contributed by atoms with Crippen LogP contribution < -0.4 is 0 Å². The van der Waals surface area contributed by atoms with Crippen LogP contribution in [0.25, 0.3) is 0 Å². The zero-order valence-corrected chi connectivity index (χ0v) is 11.8. The minimum atomic E-state index is -0.823. The van der Waals surface area contributed by atoms with Gasteiger partial charge in [-0.25, -0.2) is 8.78 Å². The van der Waals surface area contributed by atoms with Crippen LogP contribution in [0.4, 0.5) is 8.78 Å². The van der Waals surface area contributed by atoms with Crippen molar-refractivity contribution in [2.24, 2.45) is 0 Å². The lowest BCUT2D eigenvalue weighted by molar-refractivity contribution is 0.103. The van der Waals surface area contributed by atoms with Crippen molar-refractivity contribution in [2.75, 3.05) is 0 Å². The maximum absolute atomic E-state index is 13.6. The lowest BCUT2D eigenvalue weighted by Crippen LogP contribution is -2.08. The van der Waals surface area contributed by atoms with Gasteiger partial charge >= 0.3 is 0 Å². The Morgan fingerprint density at radius 3 is 2.32 bits per heavy atom. The van der Waals surface area contributed by atoms with E-state index in [1.165, 1.54) is 17.4 Å². The molecule has 0 saturated heterocycles. The second-order valence-corrected chi connectivity index (χ2v) is 6.45. The molecule has 0 unspecified atom stereocenters. The minimum Gasteiger partial charge on any atom is -0.288 e. The Morgan fingerprint density at radius 1 is 1.11 bits per heavy atom. The van der Waals surface area contributed by atoms with E-state index in [-0.39, 0.29) is 11.0 Å². The molecule has 0 fully saturated rings. The molecule has 0 bridgehead atoms. The number of hydrogen-bond acceptors (Lipinski definition) is 2. The largest absolute Gasteiger partial charge is 0.288 e. The molecule has 4 heteroatoms. The molecule has 0 atom stereocenters. The molecule has 0 amide bonds. The van der Waals surface area contributed by atoms with E-state index >= 15 is 0 Å². The van der Waals surface area contributed by atoms with E-state index < -0.39 is 17.4 Å². The lowest BCUT2D eigenvalue weighted by atomic mass is 9.95. The molecule has 1 nitrogen and oxygen atoms in total. The minimum absolute atomic E-state index is 0.0511. The van der Waals surface area contributed by atoms with Crippen molar-refractivity contribution in [1.29, 1.82) is 0 Å². The second kappa shape index (κ2) is 4.85.